The Morgan fingerprint density at radius 3 is 2.92 bits per heavy atom. The van der Waals surface area contributed by atoms with Crippen LogP contribution in [-0.2, 0) is 0 Å². The summed E-state index contributed by atoms with van der Waals surface area (Å²) in [5.41, 5.74) is 2.46. The second kappa shape index (κ2) is 3.38. The summed E-state index contributed by atoms with van der Waals surface area (Å²) < 4.78 is 0. The Hall–Kier alpha value is -1.03. The maximum absolute atomic E-state index is 5.62. The van der Waals surface area contributed by atoms with Crippen molar-refractivity contribution in [3.8, 4) is 0 Å². The second-order valence-electron chi connectivity index (χ2n) is 2.66. The van der Waals surface area contributed by atoms with Gasteiger partial charge in [0.05, 0.1) is 17.2 Å². The highest BCUT2D eigenvalue weighted by Crippen LogP contribution is 2.13. The summed E-state index contributed by atoms with van der Waals surface area (Å²) in [6.45, 7) is 0. The molecule has 0 atom stereocenters. The molecule has 1 heterocycles. The van der Waals surface area contributed by atoms with Gasteiger partial charge in [-0.2, -0.15) is 0 Å². The van der Waals surface area contributed by atoms with Crippen molar-refractivity contribution in [1.82, 2.24) is 9.97 Å². The number of aromatic nitrogens is 2. The summed E-state index contributed by atoms with van der Waals surface area (Å²) in [5.74, 6) is 0. The molecule has 0 saturated heterocycles. The minimum atomic E-state index is 0.721. The normalized spacial score (nSPS) is 10.5. The van der Waals surface area contributed by atoms with Crippen LogP contribution in [0.2, 0.25) is 0 Å². The first kappa shape index (κ1) is 8.57. The topological polar surface area (TPSA) is 25.8 Å². The number of hydrogen-bond acceptors (Lipinski definition) is 3. The van der Waals surface area contributed by atoms with Gasteiger partial charge >= 0.3 is 0 Å². The lowest BCUT2D eigenvalue weighted by Crippen LogP contribution is -2.01. The average Bonchev–Trinajstić information content (AvgIpc) is 2.17. The zero-order valence-corrected chi connectivity index (χ0v) is 8.01. The third kappa shape index (κ3) is 1.67. The highest BCUT2D eigenvalue weighted by Gasteiger charge is 1.97. The van der Waals surface area contributed by atoms with Crippen LogP contribution in [0.4, 0.5) is 0 Å². The molecular formula is C9H7BN2S. The molecule has 2 radical (unpaired) electrons. The van der Waals surface area contributed by atoms with E-state index >= 15 is 0 Å². The van der Waals surface area contributed by atoms with Crippen molar-refractivity contribution in [2.45, 2.75) is 5.03 Å². The maximum atomic E-state index is 5.62. The fourth-order valence-corrected chi connectivity index (χ4v) is 1.46. The van der Waals surface area contributed by atoms with Gasteiger partial charge in [-0.25, -0.2) is 4.98 Å². The molecule has 0 unspecified atom stereocenters. The summed E-state index contributed by atoms with van der Waals surface area (Å²) in [5, 5.41) is 0.928. The van der Waals surface area contributed by atoms with Gasteiger partial charge in [0.2, 0.25) is 0 Å². The van der Waals surface area contributed by atoms with Crippen LogP contribution in [0.1, 0.15) is 0 Å². The van der Waals surface area contributed by atoms with Gasteiger partial charge in [0.15, 0.2) is 0 Å². The van der Waals surface area contributed by atoms with Crippen molar-refractivity contribution in [2.24, 2.45) is 0 Å². The van der Waals surface area contributed by atoms with Crippen LogP contribution in [0.3, 0.4) is 0 Å². The Kier molecular flexibility index (Phi) is 2.23. The van der Waals surface area contributed by atoms with Crippen molar-refractivity contribution < 1.29 is 0 Å². The highest BCUT2D eigenvalue weighted by atomic mass is 32.2. The lowest BCUT2D eigenvalue weighted by atomic mass is 9.96. The van der Waals surface area contributed by atoms with E-state index in [1.54, 1.807) is 18.0 Å². The first-order chi connectivity index (χ1) is 6.29. The number of fused-ring (bicyclic) bond motifs is 1. The van der Waals surface area contributed by atoms with E-state index in [0.717, 1.165) is 21.5 Å². The van der Waals surface area contributed by atoms with Gasteiger partial charge in [0.25, 0.3) is 0 Å². The number of nitrogens with zero attached hydrogens (tertiary/aromatic N) is 2. The van der Waals surface area contributed by atoms with E-state index in [1.807, 2.05) is 24.5 Å². The van der Waals surface area contributed by atoms with Crippen molar-refractivity contribution in [1.29, 1.82) is 0 Å². The fraction of sp³-hybridized carbons (Fsp3) is 0.111. The Bertz CT molecular complexity index is 445. The van der Waals surface area contributed by atoms with E-state index in [-0.39, 0.29) is 0 Å². The van der Waals surface area contributed by atoms with E-state index in [9.17, 15) is 0 Å². The molecule has 2 nitrogen and oxygen atoms in total. The molecule has 13 heavy (non-hydrogen) atoms. The summed E-state index contributed by atoms with van der Waals surface area (Å²) in [7, 11) is 5.62. The zero-order chi connectivity index (χ0) is 9.26. The molecule has 0 aliphatic rings. The van der Waals surface area contributed by atoms with Gasteiger partial charge in [-0.1, -0.05) is 11.5 Å². The van der Waals surface area contributed by atoms with Gasteiger partial charge in [-0.15, -0.1) is 11.8 Å². The van der Waals surface area contributed by atoms with Crippen molar-refractivity contribution in [3.63, 3.8) is 0 Å². The summed E-state index contributed by atoms with van der Waals surface area (Å²) in [4.78, 5) is 8.63. The molecule has 0 fully saturated rings. The minimum Gasteiger partial charge on any atom is -0.252 e. The molecule has 0 bridgehead atoms. The number of hydrogen-bond donors (Lipinski definition) is 0. The molecule has 0 aliphatic carbocycles. The third-order valence-electron chi connectivity index (χ3n) is 1.75. The third-order valence-corrected chi connectivity index (χ3v) is 2.37. The van der Waals surface area contributed by atoms with E-state index in [4.69, 9.17) is 7.85 Å². The summed E-state index contributed by atoms with van der Waals surface area (Å²) in [6, 6.07) is 5.55. The van der Waals surface area contributed by atoms with E-state index < -0.39 is 0 Å². The van der Waals surface area contributed by atoms with Crippen LogP contribution in [0.5, 0.6) is 0 Å². The Morgan fingerprint density at radius 1 is 1.31 bits per heavy atom. The standard InChI is InChI=1S/C9H7BN2S/c1-13-9-5-11-8-4-6(10)2-3-7(8)12-9/h2-5H,1H3. The zero-order valence-electron chi connectivity index (χ0n) is 7.19. The van der Waals surface area contributed by atoms with Gasteiger partial charge < -0.3 is 0 Å². The fourth-order valence-electron chi connectivity index (χ4n) is 1.11. The predicted octanol–water partition coefficient (Wildman–Crippen LogP) is 1.15. The Labute approximate surface area is 82.2 Å². The molecule has 0 spiro atoms. The van der Waals surface area contributed by atoms with Gasteiger partial charge in [-0.3, -0.25) is 4.98 Å². The summed E-state index contributed by atoms with van der Waals surface area (Å²) >= 11 is 1.58. The van der Waals surface area contributed by atoms with Crippen LogP contribution in [-0.4, -0.2) is 24.1 Å². The van der Waals surface area contributed by atoms with Crippen LogP contribution in [0.15, 0.2) is 29.4 Å². The van der Waals surface area contributed by atoms with E-state index in [0.29, 0.717) is 0 Å². The second-order valence-corrected chi connectivity index (χ2v) is 3.49. The monoisotopic (exact) mass is 186 g/mol. The molecule has 2 aromatic rings. The molecule has 62 valence electrons. The number of benzene rings is 1. The molecule has 4 heteroatoms. The molecule has 0 N–H and O–H groups in total. The lowest BCUT2D eigenvalue weighted by molar-refractivity contribution is 1.13. The Balaban J connectivity index is 2.66. The SMILES string of the molecule is [B]c1ccc2nc(SC)cnc2c1. The van der Waals surface area contributed by atoms with Crippen molar-refractivity contribution in [3.05, 3.63) is 24.4 Å². The number of thioether (sulfide) groups is 1. The first-order valence-corrected chi connectivity index (χ1v) is 5.08. The lowest BCUT2D eigenvalue weighted by Gasteiger charge is -1.99. The molecule has 0 aliphatic heterocycles. The van der Waals surface area contributed by atoms with Crippen LogP contribution >= 0.6 is 11.8 Å². The van der Waals surface area contributed by atoms with Crippen molar-refractivity contribution in [2.75, 3.05) is 6.26 Å². The van der Waals surface area contributed by atoms with Gasteiger partial charge in [0.1, 0.15) is 12.9 Å². The highest BCUT2D eigenvalue weighted by molar-refractivity contribution is 7.98. The van der Waals surface area contributed by atoms with E-state index in [1.165, 1.54) is 0 Å². The average molecular weight is 186 g/mol. The molecule has 1 aromatic heterocycles. The van der Waals surface area contributed by atoms with Crippen LogP contribution in [0, 0.1) is 0 Å². The quantitative estimate of drug-likeness (QED) is 0.493. The van der Waals surface area contributed by atoms with Gasteiger partial charge in [0, 0.05) is 0 Å². The van der Waals surface area contributed by atoms with Crippen LogP contribution in [0.25, 0.3) is 11.0 Å². The smallest absolute Gasteiger partial charge is 0.115 e. The molecular weight excluding hydrogens is 179 g/mol. The molecule has 0 saturated carbocycles. The van der Waals surface area contributed by atoms with Crippen molar-refractivity contribution >= 4 is 36.1 Å². The van der Waals surface area contributed by atoms with Crippen LogP contribution < -0.4 is 5.46 Å². The number of rotatable bonds is 1. The first-order valence-electron chi connectivity index (χ1n) is 3.86. The van der Waals surface area contributed by atoms with E-state index in [2.05, 4.69) is 9.97 Å². The molecule has 2 rings (SSSR count). The Morgan fingerprint density at radius 2 is 2.15 bits per heavy atom. The summed E-state index contributed by atoms with van der Waals surface area (Å²) in [6.07, 6.45) is 3.74. The predicted molar refractivity (Wildman–Crippen MR) is 56.7 cm³/mol. The largest absolute Gasteiger partial charge is 0.252 e. The molecule has 0 amide bonds. The maximum Gasteiger partial charge on any atom is 0.115 e. The molecule has 1 aromatic carbocycles. The minimum absolute atomic E-state index is 0.721. The van der Waals surface area contributed by atoms with Gasteiger partial charge in [-0.05, 0) is 18.4 Å².